The van der Waals surface area contributed by atoms with Gasteiger partial charge in [-0.05, 0) is 48.2 Å². The van der Waals surface area contributed by atoms with Crippen molar-refractivity contribution in [2.45, 2.75) is 31.1 Å². The minimum absolute atomic E-state index is 0.0609. The highest BCUT2D eigenvalue weighted by atomic mass is 16.5. The molecule has 1 aliphatic rings. The first-order valence-corrected chi connectivity index (χ1v) is 11.5. The van der Waals surface area contributed by atoms with Crippen molar-refractivity contribution in [3.05, 3.63) is 71.9 Å². The topological polar surface area (TPSA) is 121 Å². The number of aliphatic carboxylic acids is 1. The number of methoxy groups -OCH3 is 1. The number of carboxylic acids is 1. The van der Waals surface area contributed by atoms with E-state index in [2.05, 4.69) is 10.3 Å². The molecule has 1 unspecified atom stereocenters. The minimum atomic E-state index is -1.41. The number of aliphatic hydroxyl groups excluding tert-OH is 1. The first kappa shape index (κ1) is 24.4. The van der Waals surface area contributed by atoms with Gasteiger partial charge in [-0.2, -0.15) is 0 Å². The molecule has 3 N–H and O–H groups in total. The van der Waals surface area contributed by atoms with Gasteiger partial charge in [-0.3, -0.25) is 4.98 Å². The van der Waals surface area contributed by atoms with E-state index in [1.165, 1.54) is 0 Å². The fourth-order valence-electron chi connectivity index (χ4n) is 4.37. The first-order valence-electron chi connectivity index (χ1n) is 11.5. The number of piperidine rings is 1. The summed E-state index contributed by atoms with van der Waals surface area (Å²) in [6, 6.07) is 16.5. The van der Waals surface area contributed by atoms with Crippen LogP contribution in [-0.2, 0) is 16.1 Å². The Morgan fingerprint density at radius 2 is 1.89 bits per heavy atom. The standard InChI is InChI=1S/C26H29N3O6/c1-34-19-7-8-22-21(15-19)20(9-12-27-22)23(30)16-29-13-10-26(11-14-29,24(31)32)28-25(33)35-17-18-5-3-2-4-6-18/h2-9,12,15,23,30H,10-11,13-14,16-17H2,1H3,(H,28,33)(H,31,32). The summed E-state index contributed by atoms with van der Waals surface area (Å²) in [6.45, 7) is 1.18. The van der Waals surface area contributed by atoms with Crippen LogP contribution in [0.2, 0.25) is 0 Å². The molecule has 184 valence electrons. The number of nitrogens with zero attached hydrogens (tertiary/aromatic N) is 2. The lowest BCUT2D eigenvalue weighted by molar-refractivity contribution is -0.147. The van der Waals surface area contributed by atoms with Gasteiger partial charge in [0, 0.05) is 31.2 Å². The van der Waals surface area contributed by atoms with Gasteiger partial charge < -0.3 is 29.9 Å². The fourth-order valence-corrected chi connectivity index (χ4v) is 4.37. The monoisotopic (exact) mass is 479 g/mol. The maximum atomic E-state index is 12.3. The van der Waals surface area contributed by atoms with Crippen LogP contribution in [0, 0.1) is 0 Å². The Bertz CT molecular complexity index is 1180. The smallest absolute Gasteiger partial charge is 0.408 e. The molecule has 2 aromatic carbocycles. The third-order valence-corrected chi connectivity index (χ3v) is 6.45. The molecule has 0 spiro atoms. The van der Waals surface area contributed by atoms with Gasteiger partial charge in [0.1, 0.15) is 17.9 Å². The van der Waals surface area contributed by atoms with Crippen LogP contribution in [0.3, 0.4) is 0 Å². The highest BCUT2D eigenvalue weighted by molar-refractivity contribution is 5.85. The number of carboxylic acid groups (broad SMARTS) is 1. The van der Waals surface area contributed by atoms with Crippen molar-refractivity contribution in [2.24, 2.45) is 0 Å². The zero-order valence-electron chi connectivity index (χ0n) is 19.5. The van der Waals surface area contributed by atoms with Crippen LogP contribution in [0.25, 0.3) is 10.9 Å². The molecule has 1 atom stereocenters. The lowest BCUT2D eigenvalue weighted by Gasteiger charge is -2.39. The molecule has 0 bridgehead atoms. The molecule has 1 fully saturated rings. The number of hydrogen-bond acceptors (Lipinski definition) is 7. The number of benzene rings is 2. The van der Waals surface area contributed by atoms with Crippen molar-refractivity contribution in [3.8, 4) is 5.75 Å². The Morgan fingerprint density at radius 1 is 1.14 bits per heavy atom. The molecule has 0 radical (unpaired) electrons. The van der Waals surface area contributed by atoms with Crippen LogP contribution in [0.1, 0.15) is 30.1 Å². The number of likely N-dealkylation sites (tertiary alicyclic amines) is 1. The Morgan fingerprint density at radius 3 is 2.57 bits per heavy atom. The molecule has 35 heavy (non-hydrogen) atoms. The van der Waals surface area contributed by atoms with E-state index in [0.717, 1.165) is 22.0 Å². The Hall–Kier alpha value is -3.69. The van der Waals surface area contributed by atoms with Crippen molar-refractivity contribution in [3.63, 3.8) is 0 Å². The van der Waals surface area contributed by atoms with Crippen LogP contribution in [0.15, 0.2) is 60.8 Å². The average molecular weight is 480 g/mol. The quantitative estimate of drug-likeness (QED) is 0.451. The SMILES string of the molecule is COc1ccc2nccc(C(O)CN3CCC(NC(=O)OCc4ccccc4)(C(=O)O)CC3)c2c1. The summed E-state index contributed by atoms with van der Waals surface area (Å²) in [7, 11) is 1.58. The maximum Gasteiger partial charge on any atom is 0.408 e. The van der Waals surface area contributed by atoms with Gasteiger partial charge in [-0.15, -0.1) is 0 Å². The summed E-state index contributed by atoms with van der Waals surface area (Å²) in [5.41, 5.74) is 0.888. The second kappa shape index (κ2) is 10.7. The summed E-state index contributed by atoms with van der Waals surface area (Å²) >= 11 is 0. The largest absolute Gasteiger partial charge is 0.497 e. The summed E-state index contributed by atoms with van der Waals surface area (Å²) in [4.78, 5) is 30.8. The van der Waals surface area contributed by atoms with E-state index in [4.69, 9.17) is 9.47 Å². The zero-order chi connectivity index (χ0) is 24.8. The normalized spacial score (nSPS) is 16.4. The van der Waals surface area contributed by atoms with Gasteiger partial charge in [-0.25, -0.2) is 9.59 Å². The molecule has 1 amide bonds. The number of alkyl carbamates (subject to hydrolysis) is 1. The molecule has 0 saturated carbocycles. The molecule has 0 aliphatic carbocycles. The number of rotatable bonds is 8. The molecule has 9 nitrogen and oxygen atoms in total. The molecule has 9 heteroatoms. The number of aromatic nitrogens is 1. The van der Waals surface area contributed by atoms with Crippen LogP contribution in [-0.4, -0.2) is 64.4 Å². The second-order valence-corrected chi connectivity index (χ2v) is 8.67. The first-order chi connectivity index (χ1) is 16.9. The average Bonchev–Trinajstić information content (AvgIpc) is 2.88. The Kier molecular flexibility index (Phi) is 7.48. The number of pyridine rings is 1. The third-order valence-electron chi connectivity index (χ3n) is 6.45. The summed E-state index contributed by atoms with van der Waals surface area (Å²) in [5, 5.41) is 24.2. The number of carbonyl (C=O) groups excluding carboxylic acids is 1. The number of ether oxygens (including phenoxy) is 2. The lowest BCUT2D eigenvalue weighted by Crippen LogP contribution is -2.60. The van der Waals surface area contributed by atoms with Crippen LogP contribution in [0.5, 0.6) is 5.75 Å². The van der Waals surface area contributed by atoms with E-state index >= 15 is 0 Å². The molecular formula is C26H29N3O6. The highest BCUT2D eigenvalue weighted by Crippen LogP contribution is 2.29. The van der Waals surface area contributed by atoms with E-state index in [0.29, 0.717) is 25.4 Å². The lowest BCUT2D eigenvalue weighted by atomic mass is 9.87. The number of carbonyl (C=O) groups is 2. The van der Waals surface area contributed by atoms with Crippen molar-refractivity contribution < 1.29 is 29.3 Å². The number of fused-ring (bicyclic) bond motifs is 1. The van der Waals surface area contributed by atoms with Crippen molar-refractivity contribution in [1.82, 2.24) is 15.2 Å². The summed E-state index contributed by atoms with van der Waals surface area (Å²) in [6.07, 6.45) is 0.487. The molecule has 1 saturated heterocycles. The molecule has 3 aromatic rings. The van der Waals surface area contributed by atoms with Crippen molar-refractivity contribution in [2.75, 3.05) is 26.7 Å². The fraction of sp³-hybridized carbons (Fsp3) is 0.346. The van der Waals surface area contributed by atoms with E-state index < -0.39 is 23.7 Å². The van der Waals surface area contributed by atoms with Gasteiger partial charge in [0.15, 0.2) is 0 Å². The molecule has 1 aliphatic heterocycles. The molecule has 1 aromatic heterocycles. The van der Waals surface area contributed by atoms with Gasteiger partial charge in [-0.1, -0.05) is 30.3 Å². The number of nitrogens with one attached hydrogen (secondary N) is 1. The highest BCUT2D eigenvalue weighted by Gasteiger charge is 2.43. The van der Waals surface area contributed by atoms with E-state index in [1.54, 1.807) is 19.4 Å². The summed E-state index contributed by atoms with van der Waals surface area (Å²) < 4.78 is 10.5. The van der Waals surface area contributed by atoms with Crippen molar-refractivity contribution in [1.29, 1.82) is 0 Å². The number of β-amino-alcohol motifs (C(OH)–C–C–N with tert-alkyl or cyclic N) is 1. The van der Waals surface area contributed by atoms with Crippen LogP contribution < -0.4 is 10.1 Å². The Balaban J connectivity index is 1.37. The minimum Gasteiger partial charge on any atom is -0.497 e. The molecule has 2 heterocycles. The maximum absolute atomic E-state index is 12.3. The van der Waals surface area contributed by atoms with E-state index in [9.17, 15) is 19.8 Å². The summed E-state index contributed by atoms with van der Waals surface area (Å²) in [5.74, 6) is -0.421. The number of hydrogen-bond donors (Lipinski definition) is 3. The van der Waals surface area contributed by atoms with Gasteiger partial charge in [0.25, 0.3) is 0 Å². The number of amides is 1. The van der Waals surface area contributed by atoms with E-state index in [1.807, 2.05) is 53.4 Å². The van der Waals surface area contributed by atoms with Gasteiger partial charge >= 0.3 is 12.1 Å². The van der Waals surface area contributed by atoms with Crippen LogP contribution >= 0.6 is 0 Å². The van der Waals surface area contributed by atoms with Crippen molar-refractivity contribution >= 4 is 23.0 Å². The second-order valence-electron chi connectivity index (χ2n) is 8.67. The molecular weight excluding hydrogens is 450 g/mol. The Labute approximate surface area is 203 Å². The predicted octanol–water partition coefficient (Wildman–Crippen LogP) is 3.12. The number of aliphatic hydroxyl groups is 1. The van der Waals surface area contributed by atoms with Gasteiger partial charge in [0.05, 0.1) is 18.7 Å². The third kappa shape index (κ3) is 5.70. The predicted molar refractivity (Wildman–Crippen MR) is 129 cm³/mol. The van der Waals surface area contributed by atoms with Crippen LogP contribution in [0.4, 0.5) is 4.79 Å². The molecule has 4 rings (SSSR count). The zero-order valence-corrected chi connectivity index (χ0v) is 19.5. The van der Waals surface area contributed by atoms with E-state index in [-0.39, 0.29) is 19.4 Å². The van der Waals surface area contributed by atoms with Gasteiger partial charge in [0.2, 0.25) is 0 Å².